The number of likely N-dealkylation sites (tertiary alicyclic amines) is 1. The van der Waals surface area contributed by atoms with Crippen LogP contribution in [0.4, 0.5) is 16.3 Å². The van der Waals surface area contributed by atoms with E-state index in [4.69, 9.17) is 19.5 Å². The van der Waals surface area contributed by atoms with Crippen LogP contribution in [0.15, 0.2) is 46.7 Å². The van der Waals surface area contributed by atoms with Gasteiger partial charge in [0.1, 0.15) is 36.5 Å². The van der Waals surface area contributed by atoms with Crippen molar-refractivity contribution in [2.45, 2.75) is 51.0 Å². The fourth-order valence-corrected chi connectivity index (χ4v) is 5.85. The third-order valence-corrected chi connectivity index (χ3v) is 8.16. The van der Waals surface area contributed by atoms with E-state index in [1.807, 2.05) is 0 Å². The molecule has 3 aliphatic heterocycles. The summed E-state index contributed by atoms with van der Waals surface area (Å²) in [6.45, 7) is 5.57. The maximum absolute atomic E-state index is 12.6. The number of carbonyl (C=O) groups is 2. The van der Waals surface area contributed by atoms with Gasteiger partial charge < -0.3 is 45.8 Å². The van der Waals surface area contributed by atoms with E-state index in [0.29, 0.717) is 29.8 Å². The van der Waals surface area contributed by atoms with E-state index < -0.39 is 12.1 Å². The Morgan fingerprint density at radius 1 is 1.14 bits per heavy atom. The van der Waals surface area contributed by atoms with Gasteiger partial charge in [0.15, 0.2) is 11.5 Å². The molecule has 12 heteroatoms. The summed E-state index contributed by atoms with van der Waals surface area (Å²) in [4.78, 5) is 36.6. The molecule has 5 rings (SSSR count). The van der Waals surface area contributed by atoms with Crippen LogP contribution in [0.2, 0.25) is 0 Å². The molecule has 0 bridgehead atoms. The number of carbonyl (C=O) groups excluding carboxylic acids is 2. The van der Waals surface area contributed by atoms with Gasteiger partial charge in [-0.1, -0.05) is 13.0 Å². The van der Waals surface area contributed by atoms with Crippen LogP contribution in [0, 0.1) is 0 Å². The van der Waals surface area contributed by atoms with Crippen LogP contribution in [0.1, 0.15) is 49.8 Å². The Morgan fingerprint density at radius 2 is 1.95 bits per heavy atom. The van der Waals surface area contributed by atoms with Gasteiger partial charge in [-0.15, -0.1) is 0 Å². The van der Waals surface area contributed by atoms with E-state index in [0.717, 1.165) is 81.1 Å². The van der Waals surface area contributed by atoms with Crippen molar-refractivity contribution in [1.82, 2.24) is 25.8 Å². The monoisotopic (exact) mass is 590 g/mol. The lowest BCUT2D eigenvalue weighted by molar-refractivity contribution is -0.109. The molecule has 0 aliphatic carbocycles. The number of aryl methyl sites for hydroxylation is 1. The van der Waals surface area contributed by atoms with Gasteiger partial charge in [-0.2, -0.15) is 0 Å². The van der Waals surface area contributed by atoms with Gasteiger partial charge in [-0.05, 0) is 55.9 Å². The number of benzene rings is 1. The van der Waals surface area contributed by atoms with E-state index in [1.165, 1.54) is 18.4 Å². The molecule has 0 unspecified atom stereocenters. The van der Waals surface area contributed by atoms with Gasteiger partial charge in [0.2, 0.25) is 0 Å². The minimum absolute atomic E-state index is 0.224. The first-order valence-corrected chi connectivity index (χ1v) is 15.0. The highest BCUT2D eigenvalue weighted by Crippen LogP contribution is 2.32. The average Bonchev–Trinajstić information content (AvgIpc) is 3.06. The molecule has 12 nitrogen and oxygen atoms in total. The Bertz CT molecular complexity index is 1370. The summed E-state index contributed by atoms with van der Waals surface area (Å²) < 4.78 is 10.5. The molecule has 0 saturated carbocycles. The molecule has 43 heavy (non-hydrogen) atoms. The minimum atomic E-state index is -0.746. The molecule has 1 saturated heterocycles. The van der Waals surface area contributed by atoms with Crippen LogP contribution in [-0.2, 0) is 11.2 Å². The number of amides is 2. The number of rotatable bonds is 10. The maximum atomic E-state index is 12.6. The molecule has 2 aromatic rings. The number of nitrogens with zero attached hydrogens (tertiary/aromatic N) is 3. The molecule has 1 aromatic carbocycles. The van der Waals surface area contributed by atoms with Crippen LogP contribution in [0.3, 0.4) is 0 Å². The number of urea groups is 1. The number of aliphatic imine (C=N–C) groups is 1. The second-order valence-corrected chi connectivity index (χ2v) is 10.9. The topological polar surface area (TPSA) is 141 Å². The minimum Gasteiger partial charge on any atom is -0.493 e. The van der Waals surface area contributed by atoms with E-state index in [-0.39, 0.29) is 6.54 Å². The predicted octanol–water partition coefficient (Wildman–Crippen LogP) is 3.20. The number of piperidine rings is 1. The van der Waals surface area contributed by atoms with Gasteiger partial charge in [0.05, 0.1) is 14.2 Å². The van der Waals surface area contributed by atoms with Crippen molar-refractivity contribution in [2.75, 3.05) is 57.7 Å². The normalized spacial score (nSPS) is 17.5. The number of aldehydes is 1. The number of ether oxygens (including phenoxy) is 2. The Hall–Kier alpha value is -4.48. The number of anilines is 2. The van der Waals surface area contributed by atoms with Gasteiger partial charge in [0, 0.05) is 55.1 Å². The van der Waals surface area contributed by atoms with E-state index in [9.17, 15) is 9.59 Å². The number of aromatic nitrogens is 1. The van der Waals surface area contributed by atoms with E-state index in [2.05, 4.69) is 50.5 Å². The number of amidine groups is 1. The first kappa shape index (κ1) is 30.0. The van der Waals surface area contributed by atoms with Gasteiger partial charge in [-0.25, -0.2) is 14.8 Å². The number of pyridine rings is 1. The van der Waals surface area contributed by atoms with Gasteiger partial charge in [-0.3, -0.25) is 0 Å². The van der Waals surface area contributed by atoms with Gasteiger partial charge in [0.25, 0.3) is 0 Å². The smallest absolute Gasteiger partial charge is 0.319 e. The zero-order chi connectivity index (χ0) is 30.2. The maximum Gasteiger partial charge on any atom is 0.319 e. The zero-order valence-corrected chi connectivity index (χ0v) is 25.2. The highest BCUT2D eigenvalue weighted by Gasteiger charge is 2.28. The second kappa shape index (κ2) is 14.1. The summed E-state index contributed by atoms with van der Waals surface area (Å²) in [5.74, 6) is 4.37. The van der Waals surface area contributed by atoms with Crippen molar-refractivity contribution in [3.8, 4) is 11.5 Å². The molecular formula is C31H42N8O4. The molecule has 4 heterocycles. The summed E-state index contributed by atoms with van der Waals surface area (Å²) in [7, 11) is 3.07. The van der Waals surface area contributed by atoms with Crippen molar-refractivity contribution in [3.63, 3.8) is 0 Å². The summed E-state index contributed by atoms with van der Waals surface area (Å²) in [5, 5.41) is 15.6. The van der Waals surface area contributed by atoms with Crippen molar-refractivity contribution in [3.05, 3.63) is 53.0 Å². The quantitative estimate of drug-likeness (QED) is 0.264. The second-order valence-electron chi connectivity index (χ2n) is 10.9. The highest BCUT2D eigenvalue weighted by atomic mass is 16.5. The zero-order valence-electron chi connectivity index (χ0n) is 25.2. The van der Waals surface area contributed by atoms with E-state index >= 15 is 0 Å². The highest BCUT2D eigenvalue weighted by molar-refractivity contribution is 5.99. The van der Waals surface area contributed by atoms with E-state index in [1.54, 1.807) is 25.3 Å². The third-order valence-electron chi connectivity index (χ3n) is 8.16. The van der Waals surface area contributed by atoms with Crippen molar-refractivity contribution in [1.29, 1.82) is 0 Å². The summed E-state index contributed by atoms with van der Waals surface area (Å²) in [5.41, 5.74) is 4.08. The lowest BCUT2D eigenvalue weighted by atomic mass is 9.91. The fourth-order valence-electron chi connectivity index (χ4n) is 5.85. The molecule has 2 amide bonds. The number of fused-ring (bicyclic) bond motifs is 1. The summed E-state index contributed by atoms with van der Waals surface area (Å²) in [6, 6.07) is 8.25. The Morgan fingerprint density at radius 3 is 2.70 bits per heavy atom. The molecule has 1 fully saturated rings. The standard InChI is InChI=1S/C31H42N8O4/c1-4-24-29(33-17-23(18-40)37-31(41)36-22-8-10-26(42-2)27(16-22)43-3)34-19-35-30(24)39-14-11-20(12-15-39)25-9-7-21-6-5-13-32-28(21)38-25/h7-10,16,18,20,23,33-34H,4-6,11-15,17,19H2,1-3H3,(H,32,38)(H2,36,37,41)/t23-/m0/s1. The van der Waals surface area contributed by atoms with Crippen molar-refractivity contribution < 1.29 is 19.1 Å². The largest absolute Gasteiger partial charge is 0.493 e. The van der Waals surface area contributed by atoms with Crippen LogP contribution in [-0.4, -0.2) is 81.1 Å². The lowest BCUT2D eigenvalue weighted by Gasteiger charge is -2.37. The van der Waals surface area contributed by atoms with Crippen molar-refractivity contribution >= 4 is 29.7 Å². The SMILES string of the molecule is CCC1=C(NC[C@@H](C=O)NC(=O)Nc2ccc(OC)c(OC)c2)NCN=C1N1CCC(c2ccc3c(n2)NCCC3)CC1. The van der Waals surface area contributed by atoms with Crippen LogP contribution in [0.5, 0.6) is 11.5 Å². The molecule has 3 aliphatic rings. The molecule has 0 radical (unpaired) electrons. The Kier molecular flexibility index (Phi) is 9.85. The molecule has 230 valence electrons. The van der Waals surface area contributed by atoms with Crippen molar-refractivity contribution in [2.24, 2.45) is 4.99 Å². The molecule has 0 spiro atoms. The number of methoxy groups -OCH3 is 2. The molecule has 1 aromatic heterocycles. The summed E-state index contributed by atoms with van der Waals surface area (Å²) in [6.07, 6.45) is 5.79. The van der Waals surface area contributed by atoms with Crippen LogP contribution >= 0.6 is 0 Å². The Labute approximate surface area is 252 Å². The van der Waals surface area contributed by atoms with Crippen LogP contribution < -0.4 is 36.1 Å². The molecule has 5 N–H and O–H groups in total. The summed E-state index contributed by atoms with van der Waals surface area (Å²) >= 11 is 0. The molecular weight excluding hydrogens is 548 g/mol. The molecule has 1 atom stereocenters. The number of hydrogen-bond donors (Lipinski definition) is 5. The number of nitrogens with one attached hydrogen (secondary N) is 5. The number of hydrogen-bond acceptors (Lipinski definition) is 10. The predicted molar refractivity (Wildman–Crippen MR) is 167 cm³/mol. The lowest BCUT2D eigenvalue weighted by Crippen LogP contribution is -2.48. The fraction of sp³-hybridized carbons (Fsp3) is 0.484. The third kappa shape index (κ3) is 7.12. The Balaban J connectivity index is 1.16. The van der Waals surface area contributed by atoms with Crippen LogP contribution in [0.25, 0.3) is 0 Å². The van der Waals surface area contributed by atoms with Gasteiger partial charge >= 0.3 is 6.03 Å². The average molecular weight is 591 g/mol. The first-order valence-electron chi connectivity index (χ1n) is 15.0. The first-order chi connectivity index (χ1) is 21.0.